The van der Waals surface area contributed by atoms with Gasteiger partial charge in [0.25, 0.3) is 0 Å². The Morgan fingerprint density at radius 2 is 0.882 bits per heavy atom. The zero-order chi connectivity index (χ0) is 14.2. The fourth-order valence-corrected chi connectivity index (χ4v) is 0. The average Bonchev–Trinajstić information content (AvgIpc) is 2.06. The molecule has 104 valence electrons. The van der Waals surface area contributed by atoms with Gasteiger partial charge in [-0.1, -0.05) is 19.4 Å². The van der Waals surface area contributed by atoms with Gasteiger partial charge in [0.2, 0.25) is 0 Å². The van der Waals surface area contributed by atoms with Gasteiger partial charge in [-0.2, -0.15) is 49.2 Å². The topological polar surface area (TPSA) is 94.3 Å². The Kier molecular flexibility index (Phi) is 45.5. The first kappa shape index (κ1) is 30.5. The number of nitrogens with zero attached hydrogens (tertiary/aromatic N) is 3. The van der Waals surface area contributed by atoms with E-state index in [-0.39, 0.29) is 27.3 Å². The summed E-state index contributed by atoms with van der Waals surface area (Å²) in [6.07, 6.45) is 0. The summed E-state index contributed by atoms with van der Waals surface area (Å²) in [7, 11) is 10.5. The SMILES string of the molecule is C[C-](N)C(C)(C)N.C[N-]C.C[N-]C.C[N-]C.[Ti+4]. The van der Waals surface area contributed by atoms with E-state index in [0.29, 0.717) is 0 Å². The van der Waals surface area contributed by atoms with Crippen molar-refractivity contribution in [3.8, 4) is 0 Å². The second-order valence-electron chi connectivity index (χ2n) is 3.75. The molecule has 5 nitrogen and oxygen atoms in total. The molecule has 0 aliphatic heterocycles. The maximum Gasteiger partial charge on any atom is 4.00 e. The molecule has 0 atom stereocenters. The van der Waals surface area contributed by atoms with Crippen molar-refractivity contribution in [3.05, 3.63) is 22.0 Å². The van der Waals surface area contributed by atoms with E-state index in [1.807, 2.05) is 20.8 Å². The van der Waals surface area contributed by atoms with Crippen molar-refractivity contribution in [2.24, 2.45) is 11.5 Å². The van der Waals surface area contributed by atoms with Gasteiger partial charge in [-0.15, -0.1) is 0 Å². The molecule has 0 aliphatic carbocycles. The molecule has 0 fully saturated rings. The Bertz CT molecular complexity index is 89.6. The van der Waals surface area contributed by atoms with Crippen LogP contribution in [0.5, 0.6) is 0 Å². The van der Waals surface area contributed by atoms with Crippen molar-refractivity contribution in [1.82, 2.24) is 0 Å². The number of rotatable bonds is 1. The zero-order valence-corrected chi connectivity index (χ0v) is 14.6. The Balaban J connectivity index is -0.0000000411. The standard InChI is InChI=1S/C5H13N2.3C2H6N.Ti/c1-4(6)5(2,3)7;3*1-3-2;/h6-7H2,1-3H3;3*1-2H3;/q4*-1;+4. The molecule has 0 saturated carbocycles. The van der Waals surface area contributed by atoms with Crippen LogP contribution in [-0.2, 0) is 21.7 Å². The maximum atomic E-state index is 5.52. The van der Waals surface area contributed by atoms with E-state index < -0.39 is 0 Å². The summed E-state index contributed by atoms with van der Waals surface area (Å²) in [6, 6.07) is 0.771. The zero-order valence-electron chi connectivity index (χ0n) is 13.0. The van der Waals surface area contributed by atoms with E-state index in [4.69, 9.17) is 11.5 Å². The van der Waals surface area contributed by atoms with Gasteiger partial charge in [-0.05, 0) is 0 Å². The third kappa shape index (κ3) is 82.0. The minimum atomic E-state index is -0.306. The molecule has 0 saturated heterocycles. The van der Waals surface area contributed by atoms with Crippen LogP contribution in [0, 0.1) is 6.04 Å². The minimum Gasteiger partial charge on any atom is -0.668 e. The summed E-state index contributed by atoms with van der Waals surface area (Å²) in [5.74, 6) is 0. The molecular formula is C11H31N5Ti. The van der Waals surface area contributed by atoms with Crippen molar-refractivity contribution >= 4 is 0 Å². The summed E-state index contributed by atoms with van der Waals surface area (Å²) >= 11 is 0. The first-order valence-corrected chi connectivity index (χ1v) is 5.01. The summed E-state index contributed by atoms with van der Waals surface area (Å²) in [5, 5.41) is 10.5. The molecule has 0 radical (unpaired) electrons. The van der Waals surface area contributed by atoms with Gasteiger partial charge in [-0.25, -0.2) is 6.04 Å². The summed E-state index contributed by atoms with van der Waals surface area (Å²) in [4.78, 5) is 0. The van der Waals surface area contributed by atoms with Crippen LogP contribution in [0.3, 0.4) is 0 Å². The van der Waals surface area contributed by atoms with Gasteiger partial charge in [-0.3, -0.25) is 0 Å². The summed E-state index contributed by atoms with van der Waals surface area (Å²) < 4.78 is 0. The molecule has 0 heterocycles. The van der Waals surface area contributed by atoms with E-state index in [1.54, 1.807) is 42.3 Å². The summed E-state index contributed by atoms with van der Waals surface area (Å²) in [5.41, 5.74) is 10.6. The van der Waals surface area contributed by atoms with Gasteiger partial charge in [0.15, 0.2) is 0 Å². The average molecular weight is 281 g/mol. The number of hydrogen-bond donors (Lipinski definition) is 2. The molecule has 0 rings (SSSR count). The molecule has 0 aromatic heterocycles. The fraction of sp³-hybridized carbons (Fsp3) is 0.909. The predicted molar refractivity (Wildman–Crippen MR) is 77.0 cm³/mol. The van der Waals surface area contributed by atoms with Gasteiger partial charge < -0.3 is 27.4 Å². The van der Waals surface area contributed by atoms with Crippen molar-refractivity contribution in [2.45, 2.75) is 26.3 Å². The molecule has 0 spiro atoms. The van der Waals surface area contributed by atoms with E-state index in [0.717, 1.165) is 6.04 Å². The van der Waals surface area contributed by atoms with Crippen molar-refractivity contribution < 1.29 is 21.7 Å². The Morgan fingerprint density at radius 1 is 0.824 bits per heavy atom. The largest absolute Gasteiger partial charge is 4.00 e. The molecule has 0 bridgehead atoms. The maximum absolute atomic E-state index is 5.52. The molecule has 0 unspecified atom stereocenters. The van der Waals surface area contributed by atoms with Gasteiger partial charge in [0.05, 0.1) is 0 Å². The molecule has 6 heteroatoms. The Labute approximate surface area is 124 Å². The van der Waals surface area contributed by atoms with Crippen molar-refractivity contribution in [1.29, 1.82) is 0 Å². The van der Waals surface area contributed by atoms with Crippen LogP contribution in [0.25, 0.3) is 16.0 Å². The Hall–Kier alpha value is 0.514. The van der Waals surface area contributed by atoms with Crippen LogP contribution in [0.1, 0.15) is 20.8 Å². The third-order valence-corrected chi connectivity index (χ3v) is 1.02. The normalized spacial score (nSPS) is 8.47. The summed E-state index contributed by atoms with van der Waals surface area (Å²) in [6.45, 7) is 5.57. The van der Waals surface area contributed by atoms with Crippen LogP contribution in [0.4, 0.5) is 0 Å². The van der Waals surface area contributed by atoms with E-state index in [1.165, 1.54) is 0 Å². The minimum absolute atomic E-state index is 0. The molecule has 0 aromatic rings. The monoisotopic (exact) mass is 281 g/mol. The fourth-order valence-electron chi connectivity index (χ4n) is 0. The first-order chi connectivity index (χ1) is 7.19. The van der Waals surface area contributed by atoms with Crippen LogP contribution >= 0.6 is 0 Å². The predicted octanol–water partition coefficient (Wildman–Crippen LogP) is 2.09. The van der Waals surface area contributed by atoms with Crippen LogP contribution in [0.2, 0.25) is 0 Å². The van der Waals surface area contributed by atoms with Crippen molar-refractivity contribution in [3.63, 3.8) is 0 Å². The van der Waals surface area contributed by atoms with E-state index in [2.05, 4.69) is 16.0 Å². The molecular weight excluding hydrogens is 250 g/mol. The quantitative estimate of drug-likeness (QED) is 0.568. The van der Waals surface area contributed by atoms with Crippen LogP contribution in [0.15, 0.2) is 0 Å². The second kappa shape index (κ2) is 25.4. The number of hydrogen-bond acceptors (Lipinski definition) is 2. The molecule has 0 aliphatic rings. The Morgan fingerprint density at radius 3 is 0.882 bits per heavy atom. The van der Waals surface area contributed by atoms with E-state index >= 15 is 0 Å². The molecule has 0 amide bonds. The van der Waals surface area contributed by atoms with Crippen LogP contribution < -0.4 is 11.5 Å². The molecule has 0 aromatic carbocycles. The molecule has 17 heavy (non-hydrogen) atoms. The van der Waals surface area contributed by atoms with Crippen molar-refractivity contribution in [2.75, 3.05) is 42.3 Å². The third-order valence-electron chi connectivity index (χ3n) is 1.02. The molecule has 4 N–H and O–H groups in total. The number of nitrogens with two attached hydrogens (primary N) is 2. The first-order valence-electron chi connectivity index (χ1n) is 5.01. The second-order valence-corrected chi connectivity index (χ2v) is 3.75. The smallest absolute Gasteiger partial charge is 0.668 e. The van der Waals surface area contributed by atoms with E-state index in [9.17, 15) is 0 Å². The van der Waals surface area contributed by atoms with Crippen LogP contribution in [-0.4, -0.2) is 47.8 Å². The van der Waals surface area contributed by atoms with Gasteiger partial charge >= 0.3 is 21.7 Å². The van der Waals surface area contributed by atoms with Gasteiger partial charge in [0, 0.05) is 0 Å². The van der Waals surface area contributed by atoms with Gasteiger partial charge in [0.1, 0.15) is 0 Å².